The number of ether oxygens (including phenoxy) is 1. The summed E-state index contributed by atoms with van der Waals surface area (Å²) < 4.78 is 24.0. The second-order valence-corrected chi connectivity index (χ2v) is 3.96. The number of hydrogen-bond donors (Lipinski definition) is 1. The van der Waals surface area contributed by atoms with Gasteiger partial charge in [0.15, 0.2) is 0 Å². The van der Waals surface area contributed by atoms with Crippen molar-refractivity contribution in [3.63, 3.8) is 0 Å². The van der Waals surface area contributed by atoms with E-state index in [1.807, 2.05) is 0 Å². The summed E-state index contributed by atoms with van der Waals surface area (Å²) in [4.78, 5) is 0. The topological polar surface area (TPSA) is 66.4 Å². The van der Waals surface area contributed by atoms with Gasteiger partial charge in [0.1, 0.15) is 0 Å². The molecule has 0 aliphatic carbocycles. The third-order valence-corrected chi connectivity index (χ3v) is 2.87. The molecule has 0 aromatic heterocycles. The van der Waals surface area contributed by atoms with E-state index in [0.717, 1.165) is 6.26 Å². The monoisotopic (exact) mass is 213 g/mol. The van der Waals surface area contributed by atoms with E-state index in [1.165, 1.54) is 28.4 Å². The Morgan fingerprint density at radius 3 is 1.85 bits per heavy atom. The molecule has 0 aromatic rings. The fourth-order valence-corrected chi connectivity index (χ4v) is 1.44. The third kappa shape index (κ3) is 3.78. The zero-order valence-corrected chi connectivity index (χ0v) is 8.91. The minimum absolute atomic E-state index is 0.393. The highest BCUT2D eigenvalue weighted by Gasteiger charge is 2.46. The van der Waals surface area contributed by atoms with Crippen molar-refractivity contribution in [2.24, 2.45) is 0 Å². The number of aliphatic hydroxyl groups excluding tert-OH is 1. The van der Waals surface area contributed by atoms with Crippen molar-refractivity contribution in [1.29, 1.82) is 0 Å². The molecule has 0 aliphatic rings. The zero-order valence-electron chi connectivity index (χ0n) is 8.01. The molecular weight excluding hydrogens is 199 g/mol. The van der Waals surface area contributed by atoms with Gasteiger partial charge in [0, 0.05) is 0 Å². The Morgan fingerprint density at radius 1 is 1.08 bits per heavy atom. The maximum Gasteiger partial charge on any atom is 0.620 e. The summed E-state index contributed by atoms with van der Waals surface area (Å²) in [5.41, 5.74) is 0. The number of methoxy groups -OCH3 is 1. The molecule has 78 valence electrons. The molecule has 7 heteroatoms. The summed E-state index contributed by atoms with van der Waals surface area (Å²) in [7, 11) is 2.59. The summed E-state index contributed by atoms with van der Waals surface area (Å²) in [6.45, 7) is 0. The summed E-state index contributed by atoms with van der Waals surface area (Å²) in [6, 6.07) is 0. The standard InChI is InChI=1S/C6H13O6P/c1-8-6(7)5-12-13(9-2,10-3)11-4/h5H,1-4H3/p+1/b6-5+. The predicted octanol–water partition coefficient (Wildman–Crippen LogP) is 1.62. The lowest BCUT2D eigenvalue weighted by molar-refractivity contribution is 0.0986. The van der Waals surface area contributed by atoms with Crippen LogP contribution in [0.2, 0.25) is 0 Å². The highest BCUT2D eigenvalue weighted by molar-refractivity contribution is 7.56. The van der Waals surface area contributed by atoms with Gasteiger partial charge >= 0.3 is 14.1 Å². The van der Waals surface area contributed by atoms with Gasteiger partial charge < -0.3 is 9.84 Å². The molecule has 1 N–H and O–H groups in total. The molecule has 0 unspecified atom stereocenters. The molecule has 0 fully saturated rings. The molecule has 6 nitrogen and oxygen atoms in total. The van der Waals surface area contributed by atoms with E-state index < -0.39 is 14.1 Å². The van der Waals surface area contributed by atoms with Crippen LogP contribution in [0, 0.1) is 0 Å². The fraction of sp³-hybridized carbons (Fsp3) is 0.667. The Kier molecular flexibility index (Phi) is 5.73. The number of rotatable bonds is 6. The van der Waals surface area contributed by atoms with Gasteiger partial charge in [0.05, 0.1) is 28.4 Å². The molecule has 0 bridgehead atoms. The highest BCUT2D eigenvalue weighted by atomic mass is 31.2. The molecule has 0 saturated heterocycles. The van der Waals surface area contributed by atoms with E-state index in [1.54, 1.807) is 0 Å². The molecule has 0 rings (SSSR count). The molecule has 0 amide bonds. The first-order valence-corrected chi connectivity index (χ1v) is 4.78. The normalized spacial score (nSPS) is 12.8. The summed E-state index contributed by atoms with van der Waals surface area (Å²) >= 11 is 0. The van der Waals surface area contributed by atoms with E-state index in [2.05, 4.69) is 4.74 Å². The largest absolute Gasteiger partial charge is 0.620 e. The van der Waals surface area contributed by atoms with E-state index in [4.69, 9.17) is 23.2 Å². The molecule has 0 aromatic carbocycles. The van der Waals surface area contributed by atoms with Crippen LogP contribution in [-0.2, 0) is 22.8 Å². The smallest absolute Gasteiger partial charge is 0.479 e. The first-order valence-electron chi connectivity index (χ1n) is 3.32. The Bertz CT molecular complexity index is 158. The Labute approximate surface area is 77.7 Å². The van der Waals surface area contributed by atoms with Crippen molar-refractivity contribution in [2.75, 3.05) is 28.4 Å². The van der Waals surface area contributed by atoms with Crippen LogP contribution in [0.1, 0.15) is 0 Å². The lowest BCUT2D eigenvalue weighted by Crippen LogP contribution is -2.02. The van der Waals surface area contributed by atoms with Crippen LogP contribution in [0.4, 0.5) is 0 Å². The van der Waals surface area contributed by atoms with Crippen molar-refractivity contribution < 1.29 is 27.9 Å². The van der Waals surface area contributed by atoms with Gasteiger partial charge in [-0.25, -0.2) is 0 Å². The van der Waals surface area contributed by atoms with E-state index >= 15 is 0 Å². The van der Waals surface area contributed by atoms with Crippen LogP contribution < -0.4 is 0 Å². The Balaban J connectivity index is 4.25. The van der Waals surface area contributed by atoms with Gasteiger partial charge in [0.2, 0.25) is 6.26 Å². The van der Waals surface area contributed by atoms with Gasteiger partial charge in [-0.1, -0.05) is 0 Å². The van der Waals surface area contributed by atoms with Gasteiger partial charge in [-0.2, -0.15) is 0 Å². The minimum Gasteiger partial charge on any atom is -0.479 e. The molecule has 0 aliphatic heterocycles. The van der Waals surface area contributed by atoms with Crippen molar-refractivity contribution in [2.45, 2.75) is 0 Å². The minimum atomic E-state index is -2.82. The van der Waals surface area contributed by atoms with Crippen LogP contribution in [-0.4, -0.2) is 33.5 Å². The first-order chi connectivity index (χ1) is 6.14. The Morgan fingerprint density at radius 2 is 1.54 bits per heavy atom. The molecule has 0 spiro atoms. The van der Waals surface area contributed by atoms with Gasteiger partial charge in [-0.05, 0) is 0 Å². The molecule has 0 atom stereocenters. The summed E-state index contributed by atoms with van der Waals surface area (Å²) in [5, 5.41) is 8.87. The van der Waals surface area contributed by atoms with Crippen LogP contribution in [0.25, 0.3) is 0 Å². The van der Waals surface area contributed by atoms with Crippen LogP contribution in [0.3, 0.4) is 0 Å². The van der Waals surface area contributed by atoms with Crippen molar-refractivity contribution in [3.8, 4) is 0 Å². The maximum atomic E-state index is 8.87. The van der Waals surface area contributed by atoms with Crippen LogP contribution in [0.15, 0.2) is 12.2 Å². The van der Waals surface area contributed by atoms with E-state index in [-0.39, 0.29) is 0 Å². The third-order valence-electron chi connectivity index (χ3n) is 1.16. The van der Waals surface area contributed by atoms with Gasteiger partial charge in [-0.15, -0.1) is 13.6 Å². The van der Waals surface area contributed by atoms with Crippen LogP contribution >= 0.6 is 8.17 Å². The van der Waals surface area contributed by atoms with E-state index in [0.29, 0.717) is 0 Å². The maximum absolute atomic E-state index is 8.87. The van der Waals surface area contributed by atoms with Crippen molar-refractivity contribution in [1.82, 2.24) is 0 Å². The lowest BCUT2D eigenvalue weighted by atomic mass is 11.0. The summed E-state index contributed by atoms with van der Waals surface area (Å²) in [6.07, 6.45) is 0.949. The fourth-order valence-electron chi connectivity index (χ4n) is 0.510. The molecule has 13 heavy (non-hydrogen) atoms. The number of hydrogen-bond acceptors (Lipinski definition) is 6. The number of aliphatic hydroxyl groups is 1. The molecule has 0 radical (unpaired) electrons. The molecule has 0 heterocycles. The SMILES string of the molecule is CO/C(O)=C/O[P+](OC)(OC)OC. The quantitative estimate of drug-likeness (QED) is 0.534. The van der Waals surface area contributed by atoms with Crippen molar-refractivity contribution in [3.05, 3.63) is 12.2 Å². The predicted molar refractivity (Wildman–Crippen MR) is 46.8 cm³/mol. The second kappa shape index (κ2) is 5.99. The molecular formula is C6H14O6P+. The Hall–Kier alpha value is -0.550. The summed E-state index contributed by atoms with van der Waals surface area (Å²) in [5.74, 6) is -0.393. The highest BCUT2D eigenvalue weighted by Crippen LogP contribution is 2.61. The zero-order chi connectivity index (χ0) is 10.3. The average molecular weight is 213 g/mol. The van der Waals surface area contributed by atoms with E-state index in [9.17, 15) is 0 Å². The lowest BCUT2D eigenvalue weighted by Gasteiger charge is -2.12. The van der Waals surface area contributed by atoms with Gasteiger partial charge in [0.25, 0.3) is 0 Å². The van der Waals surface area contributed by atoms with Crippen molar-refractivity contribution >= 4 is 8.17 Å². The average Bonchev–Trinajstić information content (AvgIpc) is 2.20. The van der Waals surface area contributed by atoms with Crippen LogP contribution in [0.5, 0.6) is 0 Å². The first kappa shape index (κ1) is 12.4. The second-order valence-electron chi connectivity index (χ2n) is 1.76. The van der Waals surface area contributed by atoms with Gasteiger partial charge in [-0.3, -0.25) is 4.52 Å². The molecule has 0 saturated carbocycles.